The first-order valence-corrected chi connectivity index (χ1v) is 8.22. The molecule has 0 aliphatic heterocycles. The first-order valence-electron chi connectivity index (χ1n) is 6.36. The summed E-state index contributed by atoms with van der Waals surface area (Å²) in [4.78, 5) is -0.0158. The second kappa shape index (κ2) is 5.70. The Kier molecular flexibility index (Phi) is 4.35. The molecule has 1 aliphatic carbocycles. The molecule has 1 saturated carbocycles. The van der Waals surface area contributed by atoms with Gasteiger partial charge in [0.05, 0.1) is 16.7 Å². The normalized spacial score (nSPS) is 17.9. The quantitative estimate of drug-likeness (QED) is 0.885. The van der Waals surface area contributed by atoms with Crippen LogP contribution >= 0.6 is 11.6 Å². The van der Waals surface area contributed by atoms with Crippen LogP contribution in [0.25, 0.3) is 0 Å². The van der Waals surface area contributed by atoms with Gasteiger partial charge in [-0.2, -0.15) is 5.26 Å². The molecule has 5 nitrogen and oxygen atoms in total. The Bertz CT molecular complexity index is 646. The van der Waals surface area contributed by atoms with E-state index in [1.807, 2.05) is 6.07 Å². The molecule has 0 atom stereocenters. The Hall–Kier alpha value is -1.13. The maximum atomic E-state index is 12.4. The average Bonchev–Trinajstić information content (AvgIpc) is 2.86. The first-order chi connectivity index (χ1) is 9.42. The Morgan fingerprint density at radius 1 is 1.40 bits per heavy atom. The van der Waals surface area contributed by atoms with E-state index < -0.39 is 15.6 Å². The predicted molar refractivity (Wildman–Crippen MR) is 76.7 cm³/mol. The number of hydrogen-bond acceptors (Lipinski definition) is 4. The molecular formula is C13H16ClN3O2S. The third-order valence-electron chi connectivity index (χ3n) is 3.65. The minimum Gasteiger partial charge on any atom is -0.329 e. The van der Waals surface area contributed by atoms with E-state index in [9.17, 15) is 8.42 Å². The Labute approximate surface area is 123 Å². The third-order valence-corrected chi connectivity index (χ3v) is 5.71. The summed E-state index contributed by atoms with van der Waals surface area (Å²) in [5, 5.41) is 8.82. The summed E-state index contributed by atoms with van der Waals surface area (Å²) >= 11 is 5.97. The molecule has 0 bridgehead atoms. The van der Waals surface area contributed by atoms with Crippen LogP contribution in [0, 0.1) is 11.3 Å². The third kappa shape index (κ3) is 2.96. The summed E-state index contributed by atoms with van der Waals surface area (Å²) in [6.45, 7) is 0.264. The molecule has 0 saturated heterocycles. The molecule has 0 amide bonds. The van der Waals surface area contributed by atoms with E-state index in [2.05, 4.69) is 4.72 Å². The van der Waals surface area contributed by atoms with Crippen LogP contribution in [-0.4, -0.2) is 20.5 Å². The zero-order chi connectivity index (χ0) is 14.8. The van der Waals surface area contributed by atoms with Crippen molar-refractivity contribution in [2.45, 2.75) is 36.1 Å². The van der Waals surface area contributed by atoms with Gasteiger partial charge in [-0.25, -0.2) is 13.1 Å². The highest BCUT2D eigenvalue weighted by Gasteiger charge is 2.37. The van der Waals surface area contributed by atoms with Crippen LogP contribution in [0.2, 0.25) is 5.02 Å². The lowest BCUT2D eigenvalue weighted by molar-refractivity contribution is 0.399. The molecule has 3 N–H and O–H groups in total. The van der Waals surface area contributed by atoms with Gasteiger partial charge in [-0.3, -0.25) is 0 Å². The van der Waals surface area contributed by atoms with Crippen molar-refractivity contribution in [3.05, 3.63) is 28.8 Å². The van der Waals surface area contributed by atoms with Gasteiger partial charge in [0.2, 0.25) is 10.0 Å². The van der Waals surface area contributed by atoms with Gasteiger partial charge in [0, 0.05) is 12.1 Å². The second-order valence-corrected chi connectivity index (χ2v) is 7.11. The van der Waals surface area contributed by atoms with Crippen LogP contribution in [0.3, 0.4) is 0 Å². The maximum absolute atomic E-state index is 12.4. The first kappa shape index (κ1) is 15.3. The van der Waals surface area contributed by atoms with Crippen molar-refractivity contribution in [3.8, 4) is 6.07 Å². The monoisotopic (exact) mass is 313 g/mol. The summed E-state index contributed by atoms with van der Waals surface area (Å²) in [5.41, 5.74) is 5.48. The van der Waals surface area contributed by atoms with E-state index >= 15 is 0 Å². The van der Waals surface area contributed by atoms with Crippen LogP contribution in [-0.2, 0) is 10.0 Å². The van der Waals surface area contributed by atoms with Gasteiger partial charge in [-0.15, -0.1) is 0 Å². The van der Waals surface area contributed by atoms with Crippen LogP contribution in [0.15, 0.2) is 23.1 Å². The van der Waals surface area contributed by atoms with E-state index in [0.717, 1.165) is 25.7 Å². The number of nitrogens with two attached hydrogens (primary N) is 1. The van der Waals surface area contributed by atoms with Crippen molar-refractivity contribution in [2.24, 2.45) is 5.73 Å². The maximum Gasteiger partial charge on any atom is 0.242 e. The molecular weight excluding hydrogens is 298 g/mol. The lowest BCUT2D eigenvalue weighted by Crippen LogP contribution is -2.51. The molecule has 0 unspecified atom stereocenters. The van der Waals surface area contributed by atoms with Gasteiger partial charge in [-0.1, -0.05) is 24.4 Å². The molecule has 7 heteroatoms. The molecule has 1 aromatic rings. The lowest BCUT2D eigenvalue weighted by Gasteiger charge is -2.28. The van der Waals surface area contributed by atoms with Gasteiger partial charge in [0.1, 0.15) is 4.90 Å². The summed E-state index contributed by atoms with van der Waals surface area (Å²) in [7, 11) is -3.74. The standard InChI is InChI=1S/C13H16ClN3O2S/c14-11-7-10(8-15)3-4-12(11)20(18,19)17-13(9-16)5-1-2-6-13/h3-4,7,17H,1-2,5-6,9,16H2. The average molecular weight is 314 g/mol. The highest BCUT2D eigenvalue weighted by Crippen LogP contribution is 2.31. The number of benzene rings is 1. The molecule has 0 spiro atoms. The molecule has 1 aliphatic rings. The number of nitriles is 1. The number of nitrogens with zero attached hydrogens (tertiary/aromatic N) is 1. The molecule has 0 radical (unpaired) electrons. The van der Waals surface area contributed by atoms with Gasteiger partial charge >= 0.3 is 0 Å². The van der Waals surface area contributed by atoms with Gasteiger partial charge in [-0.05, 0) is 31.0 Å². The van der Waals surface area contributed by atoms with Gasteiger partial charge < -0.3 is 5.73 Å². The second-order valence-electron chi connectivity index (χ2n) is 5.05. The zero-order valence-electron chi connectivity index (χ0n) is 10.9. The highest BCUT2D eigenvalue weighted by molar-refractivity contribution is 7.89. The molecule has 108 valence electrons. The van der Waals surface area contributed by atoms with Crippen molar-refractivity contribution in [1.82, 2.24) is 4.72 Å². The number of halogens is 1. The number of sulfonamides is 1. The molecule has 20 heavy (non-hydrogen) atoms. The molecule has 0 heterocycles. The summed E-state index contributed by atoms with van der Waals surface area (Å²) in [6.07, 6.45) is 3.38. The minimum atomic E-state index is -3.74. The Morgan fingerprint density at radius 3 is 2.55 bits per heavy atom. The fraction of sp³-hybridized carbons (Fsp3) is 0.462. The fourth-order valence-electron chi connectivity index (χ4n) is 2.53. The van der Waals surface area contributed by atoms with Crippen molar-refractivity contribution >= 4 is 21.6 Å². The predicted octanol–water partition coefficient (Wildman–Crippen LogP) is 1.76. The molecule has 1 aromatic carbocycles. The topological polar surface area (TPSA) is 96.0 Å². The van der Waals surface area contributed by atoms with E-state index in [1.54, 1.807) is 0 Å². The Morgan fingerprint density at radius 2 is 2.05 bits per heavy atom. The largest absolute Gasteiger partial charge is 0.329 e. The Balaban J connectivity index is 2.34. The van der Waals surface area contributed by atoms with Gasteiger partial charge in [0.25, 0.3) is 0 Å². The highest BCUT2D eigenvalue weighted by atomic mass is 35.5. The van der Waals surface area contributed by atoms with Crippen LogP contribution in [0.5, 0.6) is 0 Å². The summed E-state index contributed by atoms with van der Waals surface area (Å²) in [6, 6.07) is 6.05. The number of nitrogens with one attached hydrogen (secondary N) is 1. The molecule has 2 rings (SSSR count). The van der Waals surface area contributed by atoms with Crippen LogP contribution < -0.4 is 10.5 Å². The van der Waals surface area contributed by atoms with E-state index in [4.69, 9.17) is 22.6 Å². The van der Waals surface area contributed by atoms with E-state index in [0.29, 0.717) is 5.56 Å². The van der Waals surface area contributed by atoms with Gasteiger partial charge in [0.15, 0.2) is 0 Å². The number of rotatable bonds is 4. The summed E-state index contributed by atoms with van der Waals surface area (Å²) < 4.78 is 27.6. The number of hydrogen-bond donors (Lipinski definition) is 2. The smallest absolute Gasteiger partial charge is 0.242 e. The SMILES string of the molecule is N#Cc1ccc(S(=O)(=O)NC2(CN)CCCC2)c(Cl)c1. The van der Waals surface area contributed by atoms with Crippen molar-refractivity contribution < 1.29 is 8.42 Å². The zero-order valence-corrected chi connectivity index (χ0v) is 12.5. The van der Waals surface area contributed by atoms with Crippen molar-refractivity contribution in [1.29, 1.82) is 5.26 Å². The molecule has 1 fully saturated rings. The lowest BCUT2D eigenvalue weighted by atomic mass is 10.0. The van der Waals surface area contributed by atoms with Crippen molar-refractivity contribution in [3.63, 3.8) is 0 Å². The molecule has 0 aromatic heterocycles. The summed E-state index contributed by atoms with van der Waals surface area (Å²) in [5.74, 6) is 0. The van der Waals surface area contributed by atoms with E-state index in [1.165, 1.54) is 18.2 Å². The fourth-order valence-corrected chi connectivity index (χ4v) is 4.54. The van der Waals surface area contributed by atoms with Crippen LogP contribution in [0.4, 0.5) is 0 Å². The minimum absolute atomic E-state index is 0.0158. The van der Waals surface area contributed by atoms with E-state index in [-0.39, 0.29) is 16.5 Å². The van der Waals surface area contributed by atoms with Crippen molar-refractivity contribution in [2.75, 3.05) is 6.54 Å². The van der Waals surface area contributed by atoms with Crippen LogP contribution in [0.1, 0.15) is 31.2 Å².